The molecule has 0 radical (unpaired) electrons. The fourth-order valence-corrected chi connectivity index (χ4v) is 2.22. The van der Waals surface area contributed by atoms with Crippen molar-refractivity contribution in [1.82, 2.24) is 15.1 Å². The smallest absolute Gasteiger partial charge is 0.0594 e. The van der Waals surface area contributed by atoms with Gasteiger partial charge in [0.1, 0.15) is 0 Å². The van der Waals surface area contributed by atoms with Crippen molar-refractivity contribution < 1.29 is 4.74 Å². The molecule has 1 aliphatic rings. The van der Waals surface area contributed by atoms with E-state index < -0.39 is 0 Å². The van der Waals surface area contributed by atoms with E-state index in [0.717, 1.165) is 38.8 Å². The van der Waals surface area contributed by atoms with Crippen LogP contribution in [0.3, 0.4) is 0 Å². The largest absolute Gasteiger partial charge is 0.379 e. The van der Waals surface area contributed by atoms with Gasteiger partial charge in [0.25, 0.3) is 0 Å². The minimum absolute atomic E-state index is 0.643. The molecule has 0 amide bonds. The number of nitrogens with zero attached hydrogens (tertiary/aromatic N) is 2. The number of nitrogens with one attached hydrogen (secondary N) is 1. The monoisotopic (exact) mass is 257 g/mol. The molecule has 1 rings (SSSR count). The Morgan fingerprint density at radius 2 is 2.06 bits per heavy atom. The molecule has 2 unspecified atom stereocenters. The third kappa shape index (κ3) is 7.31. The lowest BCUT2D eigenvalue weighted by Crippen LogP contribution is -2.43. The molecule has 0 spiro atoms. The summed E-state index contributed by atoms with van der Waals surface area (Å²) in [5.41, 5.74) is 0. The summed E-state index contributed by atoms with van der Waals surface area (Å²) in [5.74, 6) is 0.731. The lowest BCUT2D eigenvalue weighted by Gasteiger charge is -2.31. The highest BCUT2D eigenvalue weighted by molar-refractivity contribution is 4.73. The molecule has 0 bridgehead atoms. The molecule has 18 heavy (non-hydrogen) atoms. The highest BCUT2D eigenvalue weighted by Crippen LogP contribution is 2.06. The molecule has 4 nitrogen and oxygen atoms in total. The fraction of sp³-hybridized carbons (Fsp3) is 1.00. The summed E-state index contributed by atoms with van der Waals surface area (Å²) in [6, 6.07) is 0.643. The van der Waals surface area contributed by atoms with Crippen molar-refractivity contribution in [3.8, 4) is 0 Å². The lowest BCUT2D eigenvalue weighted by atomic mass is 10.1. The minimum Gasteiger partial charge on any atom is -0.379 e. The SMILES string of the molecule is CC1CNC(C)CCN(CCOCCN(C)C)C1. The molecule has 108 valence electrons. The zero-order valence-electron chi connectivity index (χ0n) is 12.6. The van der Waals surface area contributed by atoms with Gasteiger partial charge in [0.2, 0.25) is 0 Å². The topological polar surface area (TPSA) is 27.7 Å². The molecule has 2 atom stereocenters. The molecule has 1 heterocycles. The number of rotatable bonds is 6. The number of likely N-dealkylation sites (N-methyl/N-ethyl adjacent to an activating group) is 1. The molecule has 1 saturated heterocycles. The van der Waals surface area contributed by atoms with Gasteiger partial charge >= 0.3 is 0 Å². The first kappa shape index (κ1) is 15.9. The van der Waals surface area contributed by atoms with Crippen molar-refractivity contribution in [2.75, 3.05) is 60.0 Å². The highest BCUT2D eigenvalue weighted by Gasteiger charge is 2.15. The van der Waals surface area contributed by atoms with Gasteiger partial charge in [0.15, 0.2) is 0 Å². The summed E-state index contributed by atoms with van der Waals surface area (Å²) < 4.78 is 5.68. The predicted octanol–water partition coefficient (Wildman–Crippen LogP) is 0.885. The second-order valence-electron chi connectivity index (χ2n) is 5.92. The predicted molar refractivity (Wildman–Crippen MR) is 77.1 cm³/mol. The molecule has 0 saturated carbocycles. The van der Waals surface area contributed by atoms with E-state index in [-0.39, 0.29) is 0 Å². The van der Waals surface area contributed by atoms with E-state index in [0.29, 0.717) is 6.04 Å². The number of ether oxygens (including phenoxy) is 1. The third-order valence-corrected chi connectivity index (χ3v) is 3.50. The zero-order chi connectivity index (χ0) is 13.4. The van der Waals surface area contributed by atoms with E-state index in [1.54, 1.807) is 0 Å². The van der Waals surface area contributed by atoms with Gasteiger partial charge in [-0.3, -0.25) is 0 Å². The molecule has 1 aliphatic heterocycles. The Morgan fingerprint density at radius 1 is 1.28 bits per heavy atom. The van der Waals surface area contributed by atoms with Crippen molar-refractivity contribution in [3.63, 3.8) is 0 Å². The Hall–Kier alpha value is -0.160. The van der Waals surface area contributed by atoms with Crippen LogP contribution in [-0.4, -0.2) is 75.9 Å². The third-order valence-electron chi connectivity index (χ3n) is 3.50. The average Bonchev–Trinajstić information content (AvgIpc) is 2.30. The quantitative estimate of drug-likeness (QED) is 0.715. The van der Waals surface area contributed by atoms with Crippen molar-refractivity contribution in [3.05, 3.63) is 0 Å². The second-order valence-corrected chi connectivity index (χ2v) is 5.92. The molecule has 0 aromatic carbocycles. The van der Waals surface area contributed by atoms with Crippen molar-refractivity contribution in [2.24, 2.45) is 5.92 Å². The van der Waals surface area contributed by atoms with E-state index in [9.17, 15) is 0 Å². The summed E-state index contributed by atoms with van der Waals surface area (Å²) in [6.07, 6.45) is 1.24. The van der Waals surface area contributed by atoms with Crippen LogP contribution in [-0.2, 0) is 4.74 Å². The molecule has 4 heteroatoms. The number of hydrogen-bond acceptors (Lipinski definition) is 4. The van der Waals surface area contributed by atoms with E-state index in [4.69, 9.17) is 4.74 Å². The van der Waals surface area contributed by atoms with Gasteiger partial charge in [-0.1, -0.05) is 6.92 Å². The van der Waals surface area contributed by atoms with E-state index in [1.807, 2.05) is 0 Å². The average molecular weight is 257 g/mol. The summed E-state index contributed by atoms with van der Waals surface area (Å²) in [5, 5.41) is 3.58. The maximum Gasteiger partial charge on any atom is 0.0594 e. The van der Waals surface area contributed by atoms with Gasteiger partial charge in [0.05, 0.1) is 13.2 Å². The van der Waals surface area contributed by atoms with E-state index >= 15 is 0 Å². The molecular formula is C14H31N3O. The summed E-state index contributed by atoms with van der Waals surface area (Å²) in [4.78, 5) is 4.71. The van der Waals surface area contributed by atoms with Gasteiger partial charge in [-0.05, 0) is 46.4 Å². The normalized spacial score (nSPS) is 27.2. The molecule has 0 aromatic rings. The Balaban J connectivity index is 2.14. The Labute approximate surface area is 113 Å². The Kier molecular flexibility index (Phi) is 7.82. The van der Waals surface area contributed by atoms with E-state index in [1.165, 1.54) is 19.5 Å². The van der Waals surface area contributed by atoms with Crippen LogP contribution in [0, 0.1) is 5.92 Å². The van der Waals surface area contributed by atoms with Gasteiger partial charge in [-0.25, -0.2) is 0 Å². The van der Waals surface area contributed by atoms with Gasteiger partial charge in [-0.2, -0.15) is 0 Å². The Morgan fingerprint density at radius 3 is 2.78 bits per heavy atom. The van der Waals surface area contributed by atoms with E-state index in [2.05, 4.69) is 43.1 Å². The van der Waals surface area contributed by atoms with Crippen LogP contribution in [0.1, 0.15) is 20.3 Å². The van der Waals surface area contributed by atoms with Crippen molar-refractivity contribution >= 4 is 0 Å². The van der Waals surface area contributed by atoms with Gasteiger partial charge in [0, 0.05) is 25.7 Å². The maximum atomic E-state index is 5.68. The molecule has 1 N–H and O–H groups in total. The minimum atomic E-state index is 0.643. The van der Waals surface area contributed by atoms with Crippen LogP contribution in [0.4, 0.5) is 0 Å². The van der Waals surface area contributed by atoms with Gasteiger partial charge < -0.3 is 19.9 Å². The summed E-state index contributed by atoms with van der Waals surface area (Å²) >= 11 is 0. The van der Waals surface area contributed by atoms with Crippen molar-refractivity contribution in [2.45, 2.75) is 26.3 Å². The highest BCUT2D eigenvalue weighted by atomic mass is 16.5. The second kappa shape index (κ2) is 8.86. The zero-order valence-corrected chi connectivity index (χ0v) is 12.6. The molecule has 0 aromatic heterocycles. The lowest BCUT2D eigenvalue weighted by molar-refractivity contribution is 0.0839. The Bertz CT molecular complexity index is 211. The first-order valence-electron chi connectivity index (χ1n) is 7.26. The number of hydrogen-bond donors (Lipinski definition) is 1. The van der Waals surface area contributed by atoms with Crippen LogP contribution in [0.15, 0.2) is 0 Å². The van der Waals surface area contributed by atoms with Crippen LogP contribution >= 0.6 is 0 Å². The maximum absolute atomic E-state index is 5.68. The first-order valence-corrected chi connectivity index (χ1v) is 7.26. The summed E-state index contributed by atoms with van der Waals surface area (Å²) in [6.45, 7) is 11.9. The standard InChI is InChI=1S/C14H31N3O/c1-13-11-15-14(2)5-6-17(12-13)8-10-18-9-7-16(3)4/h13-15H,5-12H2,1-4H3. The fourth-order valence-electron chi connectivity index (χ4n) is 2.22. The first-order chi connectivity index (χ1) is 8.58. The van der Waals surface area contributed by atoms with Crippen LogP contribution in [0.2, 0.25) is 0 Å². The molecular weight excluding hydrogens is 226 g/mol. The summed E-state index contributed by atoms with van der Waals surface area (Å²) in [7, 11) is 4.16. The van der Waals surface area contributed by atoms with Crippen LogP contribution in [0.25, 0.3) is 0 Å². The molecule has 1 fully saturated rings. The van der Waals surface area contributed by atoms with Crippen molar-refractivity contribution in [1.29, 1.82) is 0 Å². The molecule has 0 aliphatic carbocycles. The van der Waals surface area contributed by atoms with Crippen LogP contribution < -0.4 is 5.32 Å². The van der Waals surface area contributed by atoms with Gasteiger partial charge in [-0.15, -0.1) is 0 Å². The van der Waals surface area contributed by atoms with Crippen LogP contribution in [0.5, 0.6) is 0 Å².